The number of fused-ring (bicyclic) bond motifs is 2. The van der Waals surface area contributed by atoms with Gasteiger partial charge >= 0.3 is 0 Å². The molecule has 3 amide bonds. The summed E-state index contributed by atoms with van der Waals surface area (Å²) in [6.07, 6.45) is 0. The second-order valence-corrected chi connectivity index (χ2v) is 7.47. The number of carbonyl (C=O) groups excluding carboxylic acids is 3. The van der Waals surface area contributed by atoms with E-state index in [-0.39, 0.29) is 0 Å². The zero-order chi connectivity index (χ0) is 22.4. The lowest BCUT2D eigenvalue weighted by molar-refractivity contribution is 0.0925. The summed E-state index contributed by atoms with van der Waals surface area (Å²) in [5, 5.41) is 3.32. The van der Waals surface area contributed by atoms with E-state index in [0.29, 0.717) is 44.7 Å². The lowest BCUT2D eigenvalue weighted by Gasteiger charge is -2.15. The Hall–Kier alpha value is -4.39. The number of benzene rings is 3. The molecule has 6 nitrogen and oxygen atoms in total. The molecule has 0 fully saturated rings. The molecular formula is C25H16FN3O3. The SMILES string of the molecule is Cc1cc(C(=O)Nc2cccc(N3C(=O)c4ccccc4C3=O)c2)c2ccc(F)cc2n1. The summed E-state index contributed by atoms with van der Waals surface area (Å²) in [4.78, 5) is 43.9. The largest absolute Gasteiger partial charge is 0.322 e. The summed E-state index contributed by atoms with van der Waals surface area (Å²) >= 11 is 0. The van der Waals surface area contributed by atoms with Crippen molar-refractivity contribution in [3.63, 3.8) is 0 Å². The maximum Gasteiger partial charge on any atom is 0.266 e. The molecule has 0 saturated heterocycles. The molecule has 1 aromatic heterocycles. The van der Waals surface area contributed by atoms with E-state index in [1.807, 2.05) is 0 Å². The molecule has 1 aliphatic heterocycles. The number of rotatable bonds is 3. The second kappa shape index (κ2) is 7.39. The summed E-state index contributed by atoms with van der Waals surface area (Å²) < 4.78 is 13.6. The Morgan fingerprint density at radius 3 is 2.34 bits per heavy atom. The van der Waals surface area contributed by atoms with E-state index in [1.54, 1.807) is 61.5 Å². The Morgan fingerprint density at radius 2 is 1.62 bits per heavy atom. The van der Waals surface area contributed by atoms with Crippen LogP contribution in [0, 0.1) is 12.7 Å². The number of hydrogen-bond donors (Lipinski definition) is 1. The van der Waals surface area contributed by atoms with E-state index in [9.17, 15) is 18.8 Å². The van der Waals surface area contributed by atoms with Crippen molar-refractivity contribution < 1.29 is 18.8 Å². The van der Waals surface area contributed by atoms with E-state index >= 15 is 0 Å². The zero-order valence-corrected chi connectivity index (χ0v) is 16.9. The number of halogens is 1. The fourth-order valence-corrected chi connectivity index (χ4v) is 3.87. The number of amides is 3. The fourth-order valence-electron chi connectivity index (χ4n) is 3.87. The van der Waals surface area contributed by atoms with Crippen LogP contribution in [0.2, 0.25) is 0 Å². The molecule has 1 N–H and O–H groups in total. The van der Waals surface area contributed by atoms with Crippen LogP contribution in [-0.4, -0.2) is 22.7 Å². The summed E-state index contributed by atoms with van der Waals surface area (Å²) in [5.74, 6) is -1.67. The number of aryl methyl sites for hydroxylation is 1. The summed E-state index contributed by atoms with van der Waals surface area (Å²) in [5.41, 5.74) is 2.76. The average molecular weight is 425 g/mol. The molecule has 0 spiro atoms. The predicted molar refractivity (Wildman–Crippen MR) is 118 cm³/mol. The monoisotopic (exact) mass is 425 g/mol. The van der Waals surface area contributed by atoms with Crippen LogP contribution in [-0.2, 0) is 0 Å². The van der Waals surface area contributed by atoms with E-state index < -0.39 is 23.5 Å². The van der Waals surface area contributed by atoms with Crippen molar-refractivity contribution in [3.8, 4) is 0 Å². The minimum Gasteiger partial charge on any atom is -0.322 e. The first-order chi connectivity index (χ1) is 15.4. The first-order valence-corrected chi connectivity index (χ1v) is 9.88. The van der Waals surface area contributed by atoms with Crippen molar-refractivity contribution in [2.75, 3.05) is 10.2 Å². The molecule has 4 aromatic rings. The van der Waals surface area contributed by atoms with E-state index in [4.69, 9.17) is 0 Å². The fraction of sp³-hybridized carbons (Fsp3) is 0.0400. The van der Waals surface area contributed by atoms with Crippen LogP contribution < -0.4 is 10.2 Å². The molecule has 3 aromatic carbocycles. The quantitative estimate of drug-likeness (QED) is 0.481. The van der Waals surface area contributed by atoms with Gasteiger partial charge in [0.05, 0.1) is 27.9 Å². The van der Waals surface area contributed by atoms with E-state index in [1.165, 1.54) is 18.2 Å². The van der Waals surface area contributed by atoms with Crippen molar-refractivity contribution in [1.82, 2.24) is 4.98 Å². The van der Waals surface area contributed by atoms with Gasteiger partial charge in [-0.3, -0.25) is 19.4 Å². The van der Waals surface area contributed by atoms with Crippen molar-refractivity contribution >= 4 is 40.0 Å². The minimum absolute atomic E-state index is 0.345. The van der Waals surface area contributed by atoms with Crippen LogP contribution in [0.4, 0.5) is 15.8 Å². The number of carbonyl (C=O) groups is 3. The van der Waals surface area contributed by atoms with Gasteiger partial charge in [-0.05, 0) is 55.5 Å². The maximum absolute atomic E-state index is 13.6. The van der Waals surface area contributed by atoms with Crippen molar-refractivity contribution in [3.05, 3.63) is 101 Å². The van der Waals surface area contributed by atoms with Gasteiger partial charge in [0.15, 0.2) is 0 Å². The molecule has 32 heavy (non-hydrogen) atoms. The number of aromatic nitrogens is 1. The van der Waals surface area contributed by atoms with Crippen LogP contribution in [0.15, 0.2) is 72.8 Å². The van der Waals surface area contributed by atoms with Gasteiger partial charge in [-0.1, -0.05) is 18.2 Å². The third kappa shape index (κ3) is 3.20. The Labute approximate surface area is 182 Å². The van der Waals surface area contributed by atoms with Crippen molar-refractivity contribution in [2.24, 2.45) is 0 Å². The Balaban J connectivity index is 1.47. The first kappa shape index (κ1) is 19.6. The van der Waals surface area contributed by atoms with Crippen LogP contribution >= 0.6 is 0 Å². The normalized spacial score (nSPS) is 12.9. The number of hydrogen-bond acceptors (Lipinski definition) is 4. The van der Waals surface area contributed by atoms with E-state index in [2.05, 4.69) is 10.3 Å². The Morgan fingerprint density at radius 1 is 0.906 bits per heavy atom. The van der Waals surface area contributed by atoms with Crippen molar-refractivity contribution in [1.29, 1.82) is 0 Å². The third-order valence-corrected chi connectivity index (χ3v) is 5.30. The average Bonchev–Trinajstić information content (AvgIpc) is 3.03. The van der Waals surface area contributed by atoms with Crippen LogP contribution in [0.3, 0.4) is 0 Å². The van der Waals surface area contributed by atoms with Crippen LogP contribution in [0.5, 0.6) is 0 Å². The van der Waals surface area contributed by atoms with Crippen molar-refractivity contribution in [2.45, 2.75) is 6.92 Å². The molecule has 0 aliphatic carbocycles. The van der Waals surface area contributed by atoms with Gasteiger partial charge in [-0.15, -0.1) is 0 Å². The highest BCUT2D eigenvalue weighted by atomic mass is 19.1. The number of pyridine rings is 1. The smallest absolute Gasteiger partial charge is 0.266 e. The highest BCUT2D eigenvalue weighted by Crippen LogP contribution is 2.30. The van der Waals surface area contributed by atoms with Gasteiger partial charge in [0.25, 0.3) is 17.7 Å². The maximum atomic E-state index is 13.6. The Bertz CT molecular complexity index is 1410. The molecule has 0 atom stereocenters. The van der Waals surface area contributed by atoms with Crippen LogP contribution in [0.25, 0.3) is 10.9 Å². The number of imide groups is 1. The summed E-state index contributed by atoms with van der Waals surface area (Å²) in [7, 11) is 0. The predicted octanol–water partition coefficient (Wildman–Crippen LogP) is 4.74. The molecule has 0 saturated carbocycles. The molecule has 1 aliphatic rings. The zero-order valence-electron chi connectivity index (χ0n) is 16.9. The highest BCUT2D eigenvalue weighted by molar-refractivity contribution is 6.34. The molecule has 5 rings (SSSR count). The molecule has 156 valence electrons. The lowest BCUT2D eigenvalue weighted by atomic mass is 10.1. The molecule has 0 unspecified atom stereocenters. The van der Waals surface area contributed by atoms with Gasteiger partial charge in [0.1, 0.15) is 5.82 Å². The topological polar surface area (TPSA) is 79.4 Å². The van der Waals surface area contributed by atoms with Gasteiger partial charge in [-0.2, -0.15) is 0 Å². The number of anilines is 2. The first-order valence-electron chi connectivity index (χ1n) is 9.88. The third-order valence-electron chi connectivity index (χ3n) is 5.30. The number of nitrogens with zero attached hydrogens (tertiary/aromatic N) is 2. The molecule has 7 heteroatoms. The van der Waals surface area contributed by atoms with Gasteiger partial charge < -0.3 is 5.32 Å². The Kier molecular flexibility index (Phi) is 4.52. The van der Waals surface area contributed by atoms with Gasteiger partial charge in [0.2, 0.25) is 0 Å². The van der Waals surface area contributed by atoms with Gasteiger partial charge in [-0.25, -0.2) is 9.29 Å². The minimum atomic E-state index is -0.435. The lowest BCUT2D eigenvalue weighted by Crippen LogP contribution is -2.29. The van der Waals surface area contributed by atoms with E-state index in [0.717, 1.165) is 4.90 Å². The molecule has 2 heterocycles. The summed E-state index contributed by atoms with van der Waals surface area (Å²) in [6.45, 7) is 1.73. The molecular weight excluding hydrogens is 409 g/mol. The van der Waals surface area contributed by atoms with Crippen LogP contribution in [0.1, 0.15) is 36.8 Å². The second-order valence-electron chi connectivity index (χ2n) is 7.47. The van der Waals surface area contributed by atoms with Gasteiger partial charge in [0, 0.05) is 22.8 Å². The standard InChI is InChI=1S/C25H16FN3O3/c1-14-11-21(18-10-9-15(26)12-22(18)27-14)23(30)28-16-5-4-6-17(13-16)29-24(31)19-7-2-3-8-20(19)25(29)32/h2-13H,1H3,(H,28,30). The summed E-state index contributed by atoms with van der Waals surface area (Å²) in [6, 6.07) is 18.8. The molecule has 0 radical (unpaired) electrons. The highest BCUT2D eigenvalue weighted by Gasteiger charge is 2.36. The number of nitrogens with one attached hydrogen (secondary N) is 1. The molecule has 0 bridgehead atoms.